The van der Waals surface area contributed by atoms with Crippen LogP contribution in [0.1, 0.15) is 15.9 Å². The van der Waals surface area contributed by atoms with Gasteiger partial charge in [0.25, 0.3) is 0 Å². The number of nitrogens with two attached hydrogens (primary N) is 1. The van der Waals surface area contributed by atoms with Crippen molar-refractivity contribution in [2.45, 2.75) is 6.42 Å². The van der Waals surface area contributed by atoms with Gasteiger partial charge in [0, 0.05) is 17.0 Å². The topological polar surface area (TPSA) is 43.1 Å². The summed E-state index contributed by atoms with van der Waals surface area (Å²) in [6.45, 7) is 0. The first-order chi connectivity index (χ1) is 8.56. The van der Waals surface area contributed by atoms with E-state index in [1.165, 1.54) is 12.1 Å². The minimum atomic E-state index is -0.577. The zero-order chi connectivity index (χ0) is 13.1. The molecule has 2 N–H and O–H groups in total. The van der Waals surface area contributed by atoms with E-state index in [2.05, 4.69) is 0 Å². The largest absolute Gasteiger partial charge is 0.396 e. The Morgan fingerprint density at radius 1 is 1.22 bits per heavy atom. The predicted octanol–water partition coefficient (Wildman–Crippen LogP) is 3.49. The minimum absolute atomic E-state index is 0.0364. The summed E-state index contributed by atoms with van der Waals surface area (Å²) in [6.07, 6.45) is 0.184. The van der Waals surface area contributed by atoms with Crippen LogP contribution in [0.25, 0.3) is 0 Å². The van der Waals surface area contributed by atoms with E-state index in [9.17, 15) is 9.18 Å². The third-order valence-corrected chi connectivity index (χ3v) is 2.81. The number of ketones is 1. The number of hydrogen-bond donors (Lipinski definition) is 1. The Kier molecular flexibility index (Phi) is 3.63. The quantitative estimate of drug-likeness (QED) is 0.680. The Morgan fingerprint density at radius 3 is 2.67 bits per heavy atom. The molecule has 0 aliphatic carbocycles. The maximum absolute atomic E-state index is 13.2. The molecule has 0 spiro atoms. The molecule has 0 saturated heterocycles. The SMILES string of the molecule is Nc1ccc(C(=O)Cc2cccc(Cl)c2)cc1F. The monoisotopic (exact) mass is 263 g/mol. The van der Waals surface area contributed by atoms with Gasteiger partial charge in [-0.3, -0.25) is 4.79 Å². The van der Waals surface area contributed by atoms with Crippen molar-refractivity contribution in [1.29, 1.82) is 0 Å². The maximum Gasteiger partial charge on any atom is 0.167 e. The zero-order valence-electron chi connectivity index (χ0n) is 9.49. The fourth-order valence-corrected chi connectivity index (χ4v) is 1.85. The number of anilines is 1. The molecule has 0 aliphatic rings. The van der Waals surface area contributed by atoms with Gasteiger partial charge in [0.05, 0.1) is 5.69 Å². The van der Waals surface area contributed by atoms with Crippen molar-refractivity contribution < 1.29 is 9.18 Å². The van der Waals surface area contributed by atoms with E-state index < -0.39 is 5.82 Å². The molecule has 0 fully saturated rings. The number of Topliss-reactive ketones (excluding diaryl/α,β-unsaturated/α-hetero) is 1. The summed E-state index contributed by atoms with van der Waals surface area (Å²) in [5.41, 5.74) is 6.50. The van der Waals surface area contributed by atoms with Crippen molar-refractivity contribution in [1.82, 2.24) is 0 Å². The second-order valence-electron chi connectivity index (χ2n) is 3.97. The van der Waals surface area contributed by atoms with Gasteiger partial charge in [-0.15, -0.1) is 0 Å². The molecule has 0 amide bonds. The smallest absolute Gasteiger partial charge is 0.167 e. The average Bonchev–Trinajstić information content (AvgIpc) is 2.32. The Balaban J connectivity index is 2.19. The van der Waals surface area contributed by atoms with E-state index in [1.807, 2.05) is 0 Å². The molecule has 18 heavy (non-hydrogen) atoms. The first-order valence-electron chi connectivity index (χ1n) is 5.39. The van der Waals surface area contributed by atoms with Crippen LogP contribution in [0.4, 0.5) is 10.1 Å². The molecule has 2 nitrogen and oxygen atoms in total. The molecule has 2 aromatic carbocycles. The molecule has 0 heterocycles. The highest BCUT2D eigenvalue weighted by Gasteiger charge is 2.09. The van der Waals surface area contributed by atoms with E-state index in [4.69, 9.17) is 17.3 Å². The van der Waals surface area contributed by atoms with Gasteiger partial charge >= 0.3 is 0 Å². The van der Waals surface area contributed by atoms with Crippen LogP contribution in [0.3, 0.4) is 0 Å². The molecule has 0 atom stereocenters. The first-order valence-corrected chi connectivity index (χ1v) is 5.77. The number of hydrogen-bond acceptors (Lipinski definition) is 2. The lowest BCUT2D eigenvalue weighted by Crippen LogP contribution is -2.04. The number of nitrogen functional groups attached to an aromatic ring is 1. The minimum Gasteiger partial charge on any atom is -0.396 e. The van der Waals surface area contributed by atoms with Crippen LogP contribution in [-0.2, 0) is 6.42 Å². The molecule has 2 aromatic rings. The van der Waals surface area contributed by atoms with Crippen LogP contribution in [-0.4, -0.2) is 5.78 Å². The second-order valence-corrected chi connectivity index (χ2v) is 4.40. The highest BCUT2D eigenvalue weighted by molar-refractivity contribution is 6.30. The molecule has 0 bridgehead atoms. The highest BCUT2D eigenvalue weighted by Crippen LogP contribution is 2.16. The standard InChI is InChI=1S/C14H11ClFNO/c15-11-3-1-2-9(6-11)7-14(18)10-4-5-13(17)12(16)8-10/h1-6,8H,7,17H2. The lowest BCUT2D eigenvalue weighted by molar-refractivity contribution is 0.0992. The molecule has 4 heteroatoms. The van der Waals surface area contributed by atoms with Crippen LogP contribution in [0.15, 0.2) is 42.5 Å². The van der Waals surface area contributed by atoms with E-state index in [-0.39, 0.29) is 17.9 Å². The molecule has 0 aliphatic heterocycles. The van der Waals surface area contributed by atoms with Gasteiger partial charge in [-0.2, -0.15) is 0 Å². The van der Waals surface area contributed by atoms with Gasteiger partial charge in [0.1, 0.15) is 5.82 Å². The zero-order valence-corrected chi connectivity index (χ0v) is 10.2. The fraction of sp³-hybridized carbons (Fsp3) is 0.0714. The summed E-state index contributed by atoms with van der Waals surface area (Å²) in [5.74, 6) is -0.747. The van der Waals surface area contributed by atoms with Crippen molar-refractivity contribution in [3.63, 3.8) is 0 Å². The van der Waals surface area contributed by atoms with Crippen LogP contribution >= 0.6 is 11.6 Å². The van der Waals surface area contributed by atoms with E-state index in [1.54, 1.807) is 24.3 Å². The van der Waals surface area contributed by atoms with Crippen molar-refractivity contribution in [3.05, 3.63) is 64.4 Å². The molecule has 0 saturated carbocycles. The van der Waals surface area contributed by atoms with Crippen LogP contribution < -0.4 is 5.73 Å². The number of carbonyl (C=O) groups is 1. The Labute approximate surface area is 109 Å². The Morgan fingerprint density at radius 2 is 2.00 bits per heavy atom. The summed E-state index contributed by atoms with van der Waals surface area (Å²) in [6, 6.07) is 11.1. The number of benzene rings is 2. The molecule has 92 valence electrons. The molecule has 2 rings (SSSR count). The summed E-state index contributed by atoms with van der Waals surface area (Å²) in [7, 11) is 0. The van der Waals surface area contributed by atoms with E-state index in [0.29, 0.717) is 10.6 Å². The van der Waals surface area contributed by atoms with E-state index >= 15 is 0 Å². The Hall–Kier alpha value is -1.87. The summed E-state index contributed by atoms with van der Waals surface area (Å²) >= 11 is 5.83. The lowest BCUT2D eigenvalue weighted by Gasteiger charge is -2.03. The number of rotatable bonds is 3. The van der Waals surface area contributed by atoms with Crippen LogP contribution in [0.2, 0.25) is 5.02 Å². The summed E-state index contributed by atoms with van der Waals surface area (Å²) in [4.78, 5) is 11.9. The number of halogens is 2. The second kappa shape index (κ2) is 5.19. The Bertz CT molecular complexity index is 598. The van der Waals surface area contributed by atoms with Gasteiger partial charge in [0.2, 0.25) is 0 Å². The molecule has 0 radical (unpaired) electrons. The summed E-state index contributed by atoms with van der Waals surface area (Å²) < 4.78 is 13.2. The maximum atomic E-state index is 13.2. The molecular weight excluding hydrogens is 253 g/mol. The van der Waals surface area contributed by atoms with Crippen LogP contribution in [0, 0.1) is 5.82 Å². The summed E-state index contributed by atoms with van der Waals surface area (Å²) in [5, 5.41) is 0.573. The van der Waals surface area contributed by atoms with Crippen LogP contribution in [0.5, 0.6) is 0 Å². The lowest BCUT2D eigenvalue weighted by atomic mass is 10.0. The van der Waals surface area contributed by atoms with Gasteiger partial charge in [-0.25, -0.2) is 4.39 Å². The fourth-order valence-electron chi connectivity index (χ4n) is 1.63. The van der Waals surface area contributed by atoms with Gasteiger partial charge < -0.3 is 5.73 Å². The third kappa shape index (κ3) is 2.87. The average molecular weight is 264 g/mol. The van der Waals surface area contributed by atoms with Crippen molar-refractivity contribution in [2.75, 3.05) is 5.73 Å². The highest BCUT2D eigenvalue weighted by atomic mass is 35.5. The van der Waals surface area contributed by atoms with E-state index in [0.717, 1.165) is 11.6 Å². The molecule has 0 unspecified atom stereocenters. The predicted molar refractivity (Wildman–Crippen MR) is 70.3 cm³/mol. The number of carbonyl (C=O) groups excluding carboxylic acids is 1. The molecular formula is C14H11ClFNO. The van der Waals surface area contributed by atoms with Crippen molar-refractivity contribution in [3.8, 4) is 0 Å². The normalized spacial score (nSPS) is 10.3. The first kappa shape index (κ1) is 12.6. The van der Waals surface area contributed by atoms with Gasteiger partial charge in [0.15, 0.2) is 5.78 Å². The molecule has 0 aromatic heterocycles. The van der Waals surface area contributed by atoms with Gasteiger partial charge in [-0.05, 0) is 35.9 Å². The van der Waals surface area contributed by atoms with Crippen molar-refractivity contribution >= 4 is 23.1 Å². The van der Waals surface area contributed by atoms with Gasteiger partial charge in [-0.1, -0.05) is 23.7 Å². The third-order valence-electron chi connectivity index (χ3n) is 2.58. The van der Waals surface area contributed by atoms with Crippen molar-refractivity contribution in [2.24, 2.45) is 0 Å².